The molecule has 1 aliphatic rings. The van der Waals surface area contributed by atoms with Crippen LogP contribution in [-0.4, -0.2) is 17.5 Å². The van der Waals surface area contributed by atoms with E-state index in [0.717, 1.165) is 33.6 Å². The lowest BCUT2D eigenvalue weighted by atomic mass is 10.1. The van der Waals surface area contributed by atoms with Crippen LogP contribution in [-0.2, 0) is 6.42 Å². The van der Waals surface area contributed by atoms with Crippen molar-refractivity contribution >= 4 is 44.7 Å². The second-order valence-electron chi connectivity index (χ2n) is 5.02. The molecule has 0 unspecified atom stereocenters. The SMILES string of the molecule is O=C(Nc1ccc2c(c1)CCO2)c1ccc2sc(Cl)nc2c1. The third kappa shape index (κ3) is 2.42. The Hall–Kier alpha value is -2.11. The Morgan fingerprint density at radius 1 is 1.27 bits per heavy atom. The van der Waals surface area contributed by atoms with Crippen LogP contribution in [0.2, 0.25) is 4.47 Å². The normalized spacial score (nSPS) is 13.0. The summed E-state index contributed by atoms with van der Waals surface area (Å²) >= 11 is 7.29. The van der Waals surface area contributed by atoms with Gasteiger partial charge in [0.15, 0.2) is 4.47 Å². The Balaban J connectivity index is 1.60. The number of benzene rings is 2. The smallest absolute Gasteiger partial charge is 0.255 e. The molecule has 0 aliphatic carbocycles. The Labute approximate surface area is 135 Å². The Kier molecular flexibility index (Phi) is 3.24. The predicted molar refractivity (Wildman–Crippen MR) is 88.2 cm³/mol. The van der Waals surface area contributed by atoms with Crippen molar-refractivity contribution in [3.05, 3.63) is 52.0 Å². The van der Waals surface area contributed by atoms with Crippen molar-refractivity contribution in [2.45, 2.75) is 6.42 Å². The summed E-state index contributed by atoms with van der Waals surface area (Å²) < 4.78 is 6.91. The fraction of sp³-hybridized carbons (Fsp3) is 0.125. The fourth-order valence-corrected chi connectivity index (χ4v) is 3.52. The van der Waals surface area contributed by atoms with Crippen LogP contribution in [0.3, 0.4) is 0 Å². The summed E-state index contributed by atoms with van der Waals surface area (Å²) in [5, 5.41) is 2.91. The van der Waals surface area contributed by atoms with Crippen LogP contribution in [0.15, 0.2) is 36.4 Å². The van der Waals surface area contributed by atoms with Gasteiger partial charge >= 0.3 is 0 Å². The van der Waals surface area contributed by atoms with Gasteiger partial charge < -0.3 is 10.1 Å². The van der Waals surface area contributed by atoms with Crippen LogP contribution in [0, 0.1) is 0 Å². The van der Waals surface area contributed by atoms with Crippen molar-refractivity contribution in [2.24, 2.45) is 0 Å². The number of halogens is 1. The summed E-state index contributed by atoms with van der Waals surface area (Å²) in [5.74, 6) is 0.737. The molecule has 0 saturated heterocycles. The highest BCUT2D eigenvalue weighted by atomic mass is 35.5. The van der Waals surface area contributed by atoms with E-state index in [1.807, 2.05) is 24.3 Å². The first kappa shape index (κ1) is 13.5. The molecule has 0 bridgehead atoms. The van der Waals surface area contributed by atoms with Gasteiger partial charge in [0, 0.05) is 17.7 Å². The fourth-order valence-electron chi connectivity index (χ4n) is 2.51. The molecular weight excluding hydrogens is 320 g/mol. The highest BCUT2D eigenvalue weighted by Crippen LogP contribution is 2.29. The van der Waals surface area contributed by atoms with E-state index in [1.165, 1.54) is 11.3 Å². The molecule has 0 fully saturated rings. The topological polar surface area (TPSA) is 51.2 Å². The number of aromatic nitrogens is 1. The number of nitrogens with zero attached hydrogens (tertiary/aromatic N) is 1. The molecule has 1 aromatic heterocycles. The van der Waals surface area contributed by atoms with Crippen LogP contribution in [0.5, 0.6) is 5.75 Å². The molecule has 2 heterocycles. The van der Waals surface area contributed by atoms with Crippen molar-refractivity contribution < 1.29 is 9.53 Å². The van der Waals surface area contributed by atoms with Gasteiger partial charge in [0.1, 0.15) is 5.75 Å². The maximum absolute atomic E-state index is 12.4. The molecule has 110 valence electrons. The standard InChI is InChI=1S/C16H11ClN2O2S/c17-16-19-12-8-10(1-4-14(12)22-16)15(20)18-11-2-3-13-9(7-11)5-6-21-13/h1-4,7-8H,5-6H2,(H,18,20). The van der Waals surface area contributed by atoms with Gasteiger partial charge in [0.05, 0.1) is 16.8 Å². The van der Waals surface area contributed by atoms with Gasteiger partial charge in [-0.3, -0.25) is 4.79 Å². The first-order chi connectivity index (χ1) is 10.7. The zero-order chi connectivity index (χ0) is 15.1. The minimum Gasteiger partial charge on any atom is -0.493 e. The average molecular weight is 331 g/mol. The molecule has 0 radical (unpaired) electrons. The van der Waals surface area contributed by atoms with Crippen molar-refractivity contribution in [1.82, 2.24) is 4.98 Å². The molecule has 1 aliphatic heterocycles. The number of hydrogen-bond donors (Lipinski definition) is 1. The predicted octanol–water partition coefficient (Wildman–Crippen LogP) is 4.14. The molecule has 4 nitrogen and oxygen atoms in total. The van der Waals surface area contributed by atoms with Gasteiger partial charge in [-0.2, -0.15) is 0 Å². The maximum Gasteiger partial charge on any atom is 0.255 e. The van der Waals surface area contributed by atoms with E-state index in [2.05, 4.69) is 10.3 Å². The van der Waals surface area contributed by atoms with E-state index >= 15 is 0 Å². The van der Waals surface area contributed by atoms with E-state index in [0.29, 0.717) is 16.6 Å². The highest BCUT2D eigenvalue weighted by Gasteiger charge is 2.14. The maximum atomic E-state index is 12.4. The summed E-state index contributed by atoms with van der Waals surface area (Å²) in [6, 6.07) is 11.1. The summed E-state index contributed by atoms with van der Waals surface area (Å²) in [4.78, 5) is 16.6. The van der Waals surface area contributed by atoms with Crippen LogP contribution in [0.4, 0.5) is 5.69 Å². The second-order valence-corrected chi connectivity index (χ2v) is 6.64. The van der Waals surface area contributed by atoms with Crippen LogP contribution >= 0.6 is 22.9 Å². The first-order valence-corrected chi connectivity index (χ1v) is 8.02. The lowest BCUT2D eigenvalue weighted by Gasteiger charge is -2.07. The Morgan fingerprint density at radius 3 is 3.09 bits per heavy atom. The quantitative estimate of drug-likeness (QED) is 0.768. The lowest BCUT2D eigenvalue weighted by Crippen LogP contribution is -2.11. The molecule has 0 saturated carbocycles. The average Bonchev–Trinajstić information content (AvgIpc) is 3.10. The van der Waals surface area contributed by atoms with Crippen molar-refractivity contribution in [3.8, 4) is 5.75 Å². The molecule has 22 heavy (non-hydrogen) atoms. The number of rotatable bonds is 2. The van der Waals surface area contributed by atoms with E-state index in [-0.39, 0.29) is 5.91 Å². The van der Waals surface area contributed by atoms with Gasteiger partial charge in [0.25, 0.3) is 5.91 Å². The zero-order valence-corrected chi connectivity index (χ0v) is 13.0. The highest BCUT2D eigenvalue weighted by molar-refractivity contribution is 7.22. The molecule has 2 aromatic carbocycles. The third-order valence-electron chi connectivity index (χ3n) is 3.57. The molecule has 0 spiro atoms. The number of carbonyl (C=O) groups is 1. The number of amides is 1. The van der Waals surface area contributed by atoms with Crippen molar-refractivity contribution in [1.29, 1.82) is 0 Å². The van der Waals surface area contributed by atoms with Gasteiger partial charge in [-0.05, 0) is 42.0 Å². The number of nitrogens with one attached hydrogen (secondary N) is 1. The molecule has 1 N–H and O–H groups in total. The van der Waals surface area contributed by atoms with Crippen LogP contribution < -0.4 is 10.1 Å². The number of carbonyl (C=O) groups excluding carboxylic acids is 1. The number of ether oxygens (including phenoxy) is 1. The van der Waals surface area contributed by atoms with E-state index in [1.54, 1.807) is 12.1 Å². The number of thiazole rings is 1. The molecule has 0 atom stereocenters. The van der Waals surface area contributed by atoms with E-state index in [4.69, 9.17) is 16.3 Å². The molecule has 1 amide bonds. The number of fused-ring (bicyclic) bond motifs is 2. The van der Waals surface area contributed by atoms with Gasteiger partial charge in [-0.1, -0.05) is 11.6 Å². The van der Waals surface area contributed by atoms with E-state index in [9.17, 15) is 4.79 Å². The van der Waals surface area contributed by atoms with E-state index < -0.39 is 0 Å². The minimum atomic E-state index is -0.162. The number of hydrogen-bond acceptors (Lipinski definition) is 4. The van der Waals surface area contributed by atoms with Crippen molar-refractivity contribution in [3.63, 3.8) is 0 Å². The second kappa shape index (κ2) is 5.26. The molecular formula is C16H11ClN2O2S. The van der Waals surface area contributed by atoms with Gasteiger partial charge in [-0.15, -0.1) is 11.3 Å². The summed E-state index contributed by atoms with van der Waals surface area (Å²) in [7, 11) is 0. The Bertz CT molecular complexity index is 891. The van der Waals surface area contributed by atoms with Gasteiger partial charge in [0.2, 0.25) is 0 Å². The monoisotopic (exact) mass is 330 g/mol. The largest absolute Gasteiger partial charge is 0.493 e. The summed E-state index contributed by atoms with van der Waals surface area (Å²) in [6.45, 7) is 0.702. The summed E-state index contributed by atoms with van der Waals surface area (Å²) in [5.41, 5.74) is 3.20. The van der Waals surface area contributed by atoms with Gasteiger partial charge in [-0.25, -0.2) is 4.98 Å². The first-order valence-electron chi connectivity index (χ1n) is 6.82. The van der Waals surface area contributed by atoms with Crippen LogP contribution in [0.1, 0.15) is 15.9 Å². The minimum absolute atomic E-state index is 0.162. The molecule has 3 aromatic rings. The molecule has 6 heteroatoms. The lowest BCUT2D eigenvalue weighted by molar-refractivity contribution is 0.102. The summed E-state index contributed by atoms with van der Waals surface area (Å²) in [6.07, 6.45) is 0.877. The van der Waals surface area contributed by atoms with Crippen molar-refractivity contribution in [2.75, 3.05) is 11.9 Å². The third-order valence-corrected chi connectivity index (χ3v) is 4.71. The molecule has 4 rings (SSSR count). The zero-order valence-electron chi connectivity index (χ0n) is 11.4. The van der Waals surface area contributed by atoms with Crippen LogP contribution in [0.25, 0.3) is 10.2 Å². The Morgan fingerprint density at radius 2 is 2.18 bits per heavy atom. The number of anilines is 1.